The molecule has 0 saturated heterocycles. The van der Waals surface area contributed by atoms with Crippen LogP contribution in [0, 0.1) is 11.7 Å². The second-order valence-electron chi connectivity index (χ2n) is 4.67. The Hall–Kier alpha value is -1.58. The van der Waals surface area contributed by atoms with E-state index in [-0.39, 0.29) is 17.6 Å². The average Bonchev–Trinajstić information content (AvgIpc) is 2.40. The minimum Gasteiger partial charge on any atom is -0.494 e. The van der Waals surface area contributed by atoms with Crippen LogP contribution in [0.4, 0.5) is 10.1 Å². The van der Waals surface area contributed by atoms with E-state index in [2.05, 4.69) is 5.32 Å². The maximum Gasteiger partial charge on any atom is 0.227 e. The highest BCUT2D eigenvalue weighted by atomic mass is 19.1. The maximum absolute atomic E-state index is 13.5. The summed E-state index contributed by atoms with van der Waals surface area (Å²) in [6.45, 7) is 0. The van der Waals surface area contributed by atoms with Crippen molar-refractivity contribution in [2.45, 2.75) is 32.1 Å². The third kappa shape index (κ3) is 3.00. The Bertz CT molecular complexity index is 428. The van der Waals surface area contributed by atoms with Gasteiger partial charge < -0.3 is 10.1 Å². The number of halogens is 1. The molecule has 0 radical (unpaired) electrons. The van der Waals surface area contributed by atoms with Gasteiger partial charge in [-0.25, -0.2) is 4.39 Å². The van der Waals surface area contributed by atoms with Crippen LogP contribution < -0.4 is 10.1 Å². The summed E-state index contributed by atoms with van der Waals surface area (Å²) < 4.78 is 18.3. The summed E-state index contributed by atoms with van der Waals surface area (Å²) in [4.78, 5) is 12.0. The van der Waals surface area contributed by atoms with Crippen molar-refractivity contribution in [3.8, 4) is 5.75 Å². The quantitative estimate of drug-likeness (QED) is 0.894. The fraction of sp³-hybridized carbons (Fsp3) is 0.500. The van der Waals surface area contributed by atoms with Gasteiger partial charge in [0, 0.05) is 17.7 Å². The molecular formula is C14H18FNO2. The molecule has 1 aliphatic rings. The molecule has 18 heavy (non-hydrogen) atoms. The summed E-state index contributed by atoms with van der Waals surface area (Å²) in [5.74, 6) is -0.201. The molecule has 2 rings (SSSR count). The lowest BCUT2D eigenvalue weighted by Gasteiger charge is -2.20. The van der Waals surface area contributed by atoms with Crippen molar-refractivity contribution in [2.24, 2.45) is 5.92 Å². The summed E-state index contributed by atoms with van der Waals surface area (Å²) in [5, 5.41) is 2.77. The van der Waals surface area contributed by atoms with Gasteiger partial charge in [-0.15, -0.1) is 0 Å². The second kappa shape index (κ2) is 5.85. The summed E-state index contributed by atoms with van der Waals surface area (Å²) in [5.41, 5.74) is 0.490. The van der Waals surface area contributed by atoms with Crippen molar-refractivity contribution in [1.29, 1.82) is 0 Å². The molecule has 0 aromatic heterocycles. The molecule has 1 amide bonds. The van der Waals surface area contributed by atoms with Gasteiger partial charge in [0.05, 0.1) is 7.11 Å². The Labute approximate surface area is 106 Å². The molecule has 1 saturated carbocycles. The molecule has 0 atom stereocenters. The van der Waals surface area contributed by atoms with E-state index in [1.54, 1.807) is 6.07 Å². The van der Waals surface area contributed by atoms with Gasteiger partial charge >= 0.3 is 0 Å². The number of rotatable bonds is 3. The summed E-state index contributed by atoms with van der Waals surface area (Å²) in [7, 11) is 1.42. The zero-order valence-corrected chi connectivity index (χ0v) is 10.5. The van der Waals surface area contributed by atoms with Crippen LogP contribution >= 0.6 is 0 Å². The van der Waals surface area contributed by atoms with Gasteiger partial charge in [-0.05, 0) is 25.0 Å². The van der Waals surface area contributed by atoms with E-state index >= 15 is 0 Å². The van der Waals surface area contributed by atoms with Crippen molar-refractivity contribution < 1.29 is 13.9 Å². The first-order valence-electron chi connectivity index (χ1n) is 6.35. The normalized spacial score (nSPS) is 16.3. The summed E-state index contributed by atoms with van der Waals surface area (Å²) in [6.07, 6.45) is 5.29. The monoisotopic (exact) mass is 251 g/mol. The van der Waals surface area contributed by atoms with Gasteiger partial charge in [0.15, 0.2) is 11.6 Å². The van der Waals surface area contributed by atoms with Gasteiger partial charge in [0.1, 0.15) is 0 Å². The molecule has 0 unspecified atom stereocenters. The molecule has 4 heteroatoms. The topological polar surface area (TPSA) is 38.3 Å². The average molecular weight is 251 g/mol. The van der Waals surface area contributed by atoms with E-state index in [4.69, 9.17) is 4.74 Å². The number of benzene rings is 1. The number of anilines is 1. The van der Waals surface area contributed by atoms with E-state index in [1.807, 2.05) is 0 Å². The van der Waals surface area contributed by atoms with Gasteiger partial charge in [-0.2, -0.15) is 0 Å². The standard InChI is InChI=1S/C14H18FNO2/c1-18-13-8-7-11(9-12(13)15)16-14(17)10-5-3-2-4-6-10/h7-10H,2-6H2,1H3,(H,16,17). The number of carbonyl (C=O) groups excluding carboxylic acids is 1. The Morgan fingerprint density at radius 1 is 1.33 bits per heavy atom. The van der Waals surface area contributed by atoms with Gasteiger partial charge in [-0.1, -0.05) is 19.3 Å². The van der Waals surface area contributed by atoms with Crippen LogP contribution in [0.1, 0.15) is 32.1 Å². The lowest BCUT2D eigenvalue weighted by atomic mass is 9.88. The van der Waals surface area contributed by atoms with Crippen molar-refractivity contribution >= 4 is 11.6 Å². The highest BCUT2D eigenvalue weighted by molar-refractivity contribution is 5.92. The molecule has 0 heterocycles. The molecule has 1 aromatic rings. The van der Waals surface area contributed by atoms with E-state index in [0.717, 1.165) is 25.7 Å². The number of nitrogens with one attached hydrogen (secondary N) is 1. The summed E-state index contributed by atoms with van der Waals surface area (Å²) in [6, 6.07) is 4.47. The predicted molar refractivity (Wildman–Crippen MR) is 68.2 cm³/mol. The highest BCUT2D eigenvalue weighted by Gasteiger charge is 2.21. The second-order valence-corrected chi connectivity index (χ2v) is 4.67. The van der Waals surface area contributed by atoms with E-state index in [9.17, 15) is 9.18 Å². The molecule has 0 spiro atoms. The first-order chi connectivity index (χ1) is 8.70. The van der Waals surface area contributed by atoms with Crippen LogP contribution in [0.15, 0.2) is 18.2 Å². The van der Waals surface area contributed by atoms with Gasteiger partial charge in [0.2, 0.25) is 5.91 Å². The zero-order chi connectivity index (χ0) is 13.0. The Morgan fingerprint density at radius 3 is 2.67 bits per heavy atom. The SMILES string of the molecule is COc1ccc(NC(=O)C2CCCCC2)cc1F. The molecule has 98 valence electrons. The number of ether oxygens (including phenoxy) is 1. The van der Waals surface area contributed by atoms with Crippen molar-refractivity contribution in [3.05, 3.63) is 24.0 Å². The first kappa shape index (κ1) is 12.9. The van der Waals surface area contributed by atoms with Gasteiger partial charge in [0.25, 0.3) is 0 Å². The number of hydrogen-bond acceptors (Lipinski definition) is 2. The fourth-order valence-corrected chi connectivity index (χ4v) is 2.35. The molecule has 0 bridgehead atoms. The van der Waals surface area contributed by atoms with Crippen LogP contribution in [0.2, 0.25) is 0 Å². The molecule has 1 aromatic carbocycles. The lowest BCUT2D eigenvalue weighted by Crippen LogP contribution is -2.24. The molecule has 1 N–H and O–H groups in total. The Kier molecular flexibility index (Phi) is 4.18. The fourth-order valence-electron chi connectivity index (χ4n) is 2.35. The lowest BCUT2D eigenvalue weighted by molar-refractivity contribution is -0.120. The Morgan fingerprint density at radius 2 is 2.06 bits per heavy atom. The smallest absolute Gasteiger partial charge is 0.227 e. The number of hydrogen-bond donors (Lipinski definition) is 1. The van der Waals surface area contributed by atoms with Gasteiger partial charge in [-0.3, -0.25) is 4.79 Å². The van der Waals surface area contributed by atoms with E-state index in [0.29, 0.717) is 5.69 Å². The van der Waals surface area contributed by atoms with E-state index < -0.39 is 5.82 Å². The minimum absolute atomic E-state index is 0.000679. The van der Waals surface area contributed by atoms with Crippen molar-refractivity contribution in [1.82, 2.24) is 0 Å². The molecule has 3 nitrogen and oxygen atoms in total. The van der Waals surface area contributed by atoms with Crippen LogP contribution in [0.25, 0.3) is 0 Å². The number of amides is 1. The maximum atomic E-state index is 13.5. The van der Waals surface area contributed by atoms with Crippen LogP contribution in [0.5, 0.6) is 5.75 Å². The Balaban J connectivity index is 2.00. The van der Waals surface area contributed by atoms with Crippen molar-refractivity contribution in [2.75, 3.05) is 12.4 Å². The van der Waals surface area contributed by atoms with E-state index in [1.165, 1.54) is 25.7 Å². The molecular weight excluding hydrogens is 233 g/mol. The highest BCUT2D eigenvalue weighted by Crippen LogP contribution is 2.26. The molecule has 1 aliphatic carbocycles. The van der Waals surface area contributed by atoms with Crippen LogP contribution in [-0.4, -0.2) is 13.0 Å². The third-order valence-electron chi connectivity index (χ3n) is 3.40. The van der Waals surface area contributed by atoms with Crippen LogP contribution in [-0.2, 0) is 4.79 Å². The molecule has 0 aliphatic heterocycles. The zero-order valence-electron chi connectivity index (χ0n) is 10.5. The number of methoxy groups -OCH3 is 1. The molecule has 1 fully saturated rings. The largest absolute Gasteiger partial charge is 0.494 e. The predicted octanol–water partition coefficient (Wildman–Crippen LogP) is 3.35. The van der Waals surface area contributed by atoms with Crippen LogP contribution in [0.3, 0.4) is 0 Å². The first-order valence-corrected chi connectivity index (χ1v) is 6.35. The van der Waals surface area contributed by atoms with Crippen molar-refractivity contribution in [3.63, 3.8) is 0 Å². The number of carbonyl (C=O) groups is 1. The summed E-state index contributed by atoms with van der Waals surface area (Å²) >= 11 is 0. The minimum atomic E-state index is -0.459. The third-order valence-corrected chi connectivity index (χ3v) is 3.40.